The van der Waals surface area contributed by atoms with Gasteiger partial charge in [-0.2, -0.15) is 11.8 Å². The molecule has 1 saturated heterocycles. The molecule has 1 aliphatic heterocycles. The lowest BCUT2D eigenvalue weighted by Crippen LogP contribution is -2.51. The highest BCUT2D eigenvalue weighted by Gasteiger charge is 2.36. The summed E-state index contributed by atoms with van der Waals surface area (Å²) in [6.45, 7) is 1.77. The first-order valence-corrected chi connectivity index (χ1v) is 8.21. The number of halogens is 1. The highest BCUT2D eigenvalue weighted by atomic mass is 79.9. The molecular formula is C11H17BrN2S2. The van der Waals surface area contributed by atoms with Crippen molar-refractivity contribution in [1.29, 1.82) is 0 Å². The molecule has 1 aliphatic rings. The van der Waals surface area contributed by atoms with Crippen LogP contribution in [0.1, 0.15) is 12.0 Å². The van der Waals surface area contributed by atoms with Crippen molar-refractivity contribution in [2.75, 3.05) is 25.1 Å². The van der Waals surface area contributed by atoms with Crippen LogP contribution in [-0.4, -0.2) is 35.5 Å². The number of likely N-dealkylation sites (N-methyl/N-ethyl adjacent to an activating group) is 1. The van der Waals surface area contributed by atoms with Gasteiger partial charge in [-0.3, -0.25) is 4.90 Å². The summed E-state index contributed by atoms with van der Waals surface area (Å²) in [4.78, 5) is 2.43. The van der Waals surface area contributed by atoms with Crippen molar-refractivity contribution < 1.29 is 0 Å². The van der Waals surface area contributed by atoms with Crippen molar-refractivity contribution in [3.05, 3.63) is 20.8 Å². The number of nitrogens with two attached hydrogens (primary N) is 1. The first-order valence-electron chi connectivity index (χ1n) is 5.38. The highest BCUT2D eigenvalue weighted by Crippen LogP contribution is 2.33. The van der Waals surface area contributed by atoms with E-state index in [2.05, 4.69) is 39.3 Å². The summed E-state index contributed by atoms with van der Waals surface area (Å²) >= 11 is 7.28. The molecule has 1 fully saturated rings. The monoisotopic (exact) mass is 320 g/mol. The summed E-state index contributed by atoms with van der Waals surface area (Å²) in [5.74, 6) is 2.42. The zero-order chi connectivity index (χ0) is 11.6. The standard InChI is InChI=1S/C11H17BrN2S2/c1-14(5-9-4-10(12)16-6-9)11(7-13)2-3-15-8-11/h4,6H,2-3,5,7-8,13H2,1H3. The average Bonchev–Trinajstić information content (AvgIpc) is 2.88. The molecule has 0 bridgehead atoms. The second-order valence-corrected chi connectivity index (χ2v) is 7.74. The van der Waals surface area contributed by atoms with Crippen molar-refractivity contribution in [3.8, 4) is 0 Å². The smallest absolute Gasteiger partial charge is 0.0701 e. The second kappa shape index (κ2) is 5.40. The maximum atomic E-state index is 5.97. The number of hydrogen-bond acceptors (Lipinski definition) is 4. The maximum absolute atomic E-state index is 5.97. The van der Waals surface area contributed by atoms with Crippen LogP contribution >= 0.6 is 39.0 Å². The van der Waals surface area contributed by atoms with Gasteiger partial charge in [-0.15, -0.1) is 11.3 Å². The quantitative estimate of drug-likeness (QED) is 0.925. The van der Waals surface area contributed by atoms with Crippen molar-refractivity contribution in [3.63, 3.8) is 0 Å². The van der Waals surface area contributed by atoms with E-state index in [4.69, 9.17) is 5.73 Å². The third-order valence-corrected chi connectivity index (χ3v) is 6.10. The topological polar surface area (TPSA) is 29.3 Å². The molecular weight excluding hydrogens is 304 g/mol. The minimum Gasteiger partial charge on any atom is -0.329 e. The normalized spacial score (nSPS) is 25.5. The first kappa shape index (κ1) is 12.9. The van der Waals surface area contributed by atoms with Crippen LogP contribution in [-0.2, 0) is 6.54 Å². The van der Waals surface area contributed by atoms with E-state index in [9.17, 15) is 0 Å². The van der Waals surface area contributed by atoms with Crippen LogP contribution in [0.5, 0.6) is 0 Å². The fourth-order valence-corrected chi connectivity index (χ4v) is 4.82. The van der Waals surface area contributed by atoms with Gasteiger partial charge in [0.15, 0.2) is 0 Å². The summed E-state index contributed by atoms with van der Waals surface area (Å²) in [6.07, 6.45) is 1.22. The van der Waals surface area contributed by atoms with Gasteiger partial charge in [-0.25, -0.2) is 0 Å². The van der Waals surface area contributed by atoms with E-state index < -0.39 is 0 Å². The van der Waals surface area contributed by atoms with Crippen LogP contribution in [0.4, 0.5) is 0 Å². The SMILES string of the molecule is CN(Cc1csc(Br)c1)C1(CN)CCSC1. The molecule has 5 heteroatoms. The molecule has 90 valence electrons. The average molecular weight is 321 g/mol. The van der Waals surface area contributed by atoms with E-state index in [1.165, 1.54) is 27.3 Å². The predicted octanol–water partition coefficient (Wildman–Crippen LogP) is 2.78. The molecule has 0 spiro atoms. The molecule has 2 rings (SSSR count). The lowest BCUT2D eigenvalue weighted by atomic mass is 9.97. The van der Waals surface area contributed by atoms with Gasteiger partial charge >= 0.3 is 0 Å². The number of nitrogens with zero attached hydrogens (tertiary/aromatic N) is 1. The van der Waals surface area contributed by atoms with Crippen molar-refractivity contribution >= 4 is 39.0 Å². The fraction of sp³-hybridized carbons (Fsp3) is 0.636. The van der Waals surface area contributed by atoms with Gasteiger partial charge in [-0.1, -0.05) is 0 Å². The third kappa shape index (κ3) is 2.64. The van der Waals surface area contributed by atoms with Gasteiger partial charge in [0.05, 0.1) is 3.79 Å². The lowest BCUT2D eigenvalue weighted by molar-refractivity contribution is 0.143. The molecule has 0 aliphatic carbocycles. The van der Waals surface area contributed by atoms with Gasteiger partial charge in [0.2, 0.25) is 0 Å². The fourth-order valence-electron chi connectivity index (χ4n) is 2.08. The molecule has 1 atom stereocenters. The van der Waals surface area contributed by atoms with Crippen LogP contribution in [0.2, 0.25) is 0 Å². The molecule has 1 aromatic heterocycles. The molecule has 0 radical (unpaired) electrons. The highest BCUT2D eigenvalue weighted by molar-refractivity contribution is 9.11. The van der Waals surface area contributed by atoms with E-state index in [1.54, 1.807) is 11.3 Å². The van der Waals surface area contributed by atoms with Crippen LogP contribution in [0, 0.1) is 0 Å². The Balaban J connectivity index is 2.03. The summed E-state index contributed by atoms with van der Waals surface area (Å²) in [7, 11) is 2.20. The number of hydrogen-bond donors (Lipinski definition) is 1. The Bertz CT molecular complexity index is 348. The number of thioether (sulfide) groups is 1. The van der Waals surface area contributed by atoms with Crippen LogP contribution in [0.25, 0.3) is 0 Å². The Morgan fingerprint density at radius 3 is 2.94 bits per heavy atom. The van der Waals surface area contributed by atoms with Gasteiger partial charge in [-0.05, 0) is 52.2 Å². The predicted molar refractivity (Wildman–Crippen MR) is 77.2 cm³/mol. The van der Waals surface area contributed by atoms with Gasteiger partial charge in [0.1, 0.15) is 0 Å². The molecule has 16 heavy (non-hydrogen) atoms. The van der Waals surface area contributed by atoms with Gasteiger partial charge < -0.3 is 5.73 Å². The van der Waals surface area contributed by atoms with E-state index in [1.807, 2.05) is 11.8 Å². The Kier molecular flexibility index (Phi) is 4.35. The van der Waals surface area contributed by atoms with Crippen molar-refractivity contribution in [2.45, 2.75) is 18.5 Å². The Labute approximate surface area is 114 Å². The van der Waals surface area contributed by atoms with Crippen LogP contribution in [0.3, 0.4) is 0 Å². The minimum absolute atomic E-state index is 0.221. The molecule has 2 nitrogen and oxygen atoms in total. The molecule has 0 saturated carbocycles. The second-order valence-electron chi connectivity index (χ2n) is 4.35. The summed E-state index contributed by atoms with van der Waals surface area (Å²) in [5.41, 5.74) is 7.57. The van der Waals surface area contributed by atoms with Crippen LogP contribution in [0.15, 0.2) is 15.2 Å². The first-order chi connectivity index (χ1) is 7.66. The van der Waals surface area contributed by atoms with Crippen LogP contribution < -0.4 is 5.73 Å². The minimum atomic E-state index is 0.221. The molecule has 1 unspecified atom stereocenters. The van der Waals surface area contributed by atoms with Crippen molar-refractivity contribution in [2.24, 2.45) is 5.73 Å². The number of thiophene rings is 1. The Morgan fingerprint density at radius 1 is 1.62 bits per heavy atom. The molecule has 1 aromatic rings. The Hall–Kier alpha value is 0.450. The zero-order valence-electron chi connectivity index (χ0n) is 9.41. The molecule has 2 heterocycles. The largest absolute Gasteiger partial charge is 0.329 e. The molecule has 2 N–H and O–H groups in total. The van der Waals surface area contributed by atoms with Gasteiger partial charge in [0.25, 0.3) is 0 Å². The summed E-state index contributed by atoms with van der Waals surface area (Å²) < 4.78 is 1.21. The number of rotatable bonds is 4. The zero-order valence-corrected chi connectivity index (χ0v) is 12.6. The Morgan fingerprint density at radius 2 is 2.44 bits per heavy atom. The van der Waals surface area contributed by atoms with E-state index in [0.717, 1.165) is 13.1 Å². The van der Waals surface area contributed by atoms with E-state index >= 15 is 0 Å². The summed E-state index contributed by atoms with van der Waals surface area (Å²) in [5, 5.41) is 2.22. The maximum Gasteiger partial charge on any atom is 0.0701 e. The third-order valence-electron chi connectivity index (χ3n) is 3.31. The van der Waals surface area contributed by atoms with Gasteiger partial charge in [0, 0.05) is 24.4 Å². The van der Waals surface area contributed by atoms with E-state index in [0.29, 0.717) is 0 Å². The molecule has 0 aromatic carbocycles. The lowest BCUT2D eigenvalue weighted by Gasteiger charge is -2.37. The van der Waals surface area contributed by atoms with E-state index in [-0.39, 0.29) is 5.54 Å². The summed E-state index contributed by atoms with van der Waals surface area (Å²) in [6, 6.07) is 2.20. The molecule has 0 amide bonds. The van der Waals surface area contributed by atoms with Crippen molar-refractivity contribution in [1.82, 2.24) is 4.90 Å².